The van der Waals surface area contributed by atoms with E-state index in [-0.39, 0.29) is 17.7 Å². The van der Waals surface area contributed by atoms with Crippen LogP contribution in [0, 0.1) is 5.92 Å². The fourth-order valence-electron chi connectivity index (χ4n) is 1.91. The minimum atomic E-state index is -0.282. The maximum atomic E-state index is 12.0. The molecule has 0 aromatic carbocycles. The number of thiazole rings is 1. The zero-order valence-corrected chi connectivity index (χ0v) is 10.1. The van der Waals surface area contributed by atoms with E-state index in [9.17, 15) is 9.59 Å². The molecule has 1 aromatic rings. The fraction of sp³-hybridized carbons (Fsp3) is 0.500. The number of nitrogens with zero attached hydrogens (tertiary/aromatic N) is 2. The van der Waals surface area contributed by atoms with Crippen molar-refractivity contribution in [3.05, 3.63) is 11.1 Å². The number of primary amides is 1. The highest BCUT2D eigenvalue weighted by atomic mass is 32.1. The third-order valence-electron chi connectivity index (χ3n) is 2.93. The van der Waals surface area contributed by atoms with E-state index in [1.807, 2.05) is 0 Å². The minimum absolute atomic E-state index is 0.112. The van der Waals surface area contributed by atoms with E-state index in [0.717, 1.165) is 0 Å². The molecule has 4 N–H and O–H groups in total. The summed E-state index contributed by atoms with van der Waals surface area (Å²) in [5, 5.41) is 2.04. The SMILES string of the molecule is NC(=O)C1CCN(C(=O)c2csc(N)n2)CC1. The number of hydrogen-bond acceptors (Lipinski definition) is 5. The molecule has 0 spiro atoms. The van der Waals surface area contributed by atoms with Gasteiger partial charge in [-0.1, -0.05) is 0 Å². The van der Waals surface area contributed by atoms with Gasteiger partial charge in [-0.3, -0.25) is 9.59 Å². The normalized spacial score (nSPS) is 17.1. The van der Waals surface area contributed by atoms with E-state index in [4.69, 9.17) is 11.5 Å². The maximum Gasteiger partial charge on any atom is 0.273 e. The molecule has 17 heavy (non-hydrogen) atoms. The molecule has 1 saturated heterocycles. The lowest BCUT2D eigenvalue weighted by Crippen LogP contribution is -2.41. The molecule has 0 radical (unpaired) electrons. The maximum absolute atomic E-state index is 12.0. The summed E-state index contributed by atoms with van der Waals surface area (Å²) in [7, 11) is 0. The number of piperidine rings is 1. The summed E-state index contributed by atoms with van der Waals surface area (Å²) in [4.78, 5) is 28.6. The molecule has 6 nitrogen and oxygen atoms in total. The Bertz CT molecular complexity index is 437. The smallest absolute Gasteiger partial charge is 0.273 e. The fourth-order valence-corrected chi connectivity index (χ4v) is 2.45. The predicted molar refractivity (Wildman–Crippen MR) is 64.3 cm³/mol. The van der Waals surface area contributed by atoms with Crippen molar-refractivity contribution in [2.45, 2.75) is 12.8 Å². The lowest BCUT2D eigenvalue weighted by molar-refractivity contribution is -0.123. The van der Waals surface area contributed by atoms with Crippen LogP contribution in [0.5, 0.6) is 0 Å². The van der Waals surface area contributed by atoms with Crippen molar-refractivity contribution >= 4 is 28.3 Å². The van der Waals surface area contributed by atoms with Crippen molar-refractivity contribution in [3.63, 3.8) is 0 Å². The van der Waals surface area contributed by atoms with Crippen LogP contribution >= 0.6 is 11.3 Å². The number of amides is 2. The summed E-state index contributed by atoms with van der Waals surface area (Å²) >= 11 is 1.25. The molecule has 1 aromatic heterocycles. The Morgan fingerprint density at radius 2 is 2.06 bits per heavy atom. The second-order valence-electron chi connectivity index (χ2n) is 4.04. The first-order valence-corrected chi connectivity index (χ1v) is 6.25. The number of carbonyl (C=O) groups excluding carboxylic acids is 2. The molecular formula is C10H14N4O2S. The molecule has 2 heterocycles. The molecule has 1 aliphatic heterocycles. The summed E-state index contributed by atoms with van der Waals surface area (Å²) in [5.41, 5.74) is 11.1. The van der Waals surface area contributed by atoms with Gasteiger partial charge in [-0.2, -0.15) is 0 Å². The first-order chi connectivity index (χ1) is 8.08. The average molecular weight is 254 g/mol. The van der Waals surface area contributed by atoms with Gasteiger partial charge >= 0.3 is 0 Å². The number of likely N-dealkylation sites (tertiary alicyclic amines) is 1. The molecule has 2 amide bonds. The summed E-state index contributed by atoms with van der Waals surface area (Å²) in [6.07, 6.45) is 1.25. The van der Waals surface area contributed by atoms with E-state index in [2.05, 4.69) is 4.98 Å². The number of nitrogens with two attached hydrogens (primary N) is 2. The second kappa shape index (κ2) is 4.70. The van der Waals surface area contributed by atoms with E-state index >= 15 is 0 Å². The highest BCUT2D eigenvalue weighted by Gasteiger charge is 2.27. The zero-order chi connectivity index (χ0) is 12.4. The van der Waals surface area contributed by atoms with E-state index in [0.29, 0.717) is 36.8 Å². The molecule has 1 aliphatic rings. The Kier molecular flexibility index (Phi) is 3.28. The zero-order valence-electron chi connectivity index (χ0n) is 9.26. The quantitative estimate of drug-likeness (QED) is 0.779. The lowest BCUT2D eigenvalue weighted by atomic mass is 9.96. The number of anilines is 1. The molecule has 0 saturated carbocycles. The monoisotopic (exact) mass is 254 g/mol. The molecule has 0 atom stereocenters. The largest absolute Gasteiger partial charge is 0.375 e. The summed E-state index contributed by atoms with van der Waals surface area (Å²) in [6, 6.07) is 0. The Labute approximate surface area is 103 Å². The van der Waals surface area contributed by atoms with Gasteiger partial charge in [0.15, 0.2) is 5.13 Å². The van der Waals surface area contributed by atoms with Crippen molar-refractivity contribution in [1.29, 1.82) is 0 Å². The molecular weight excluding hydrogens is 240 g/mol. The number of hydrogen-bond donors (Lipinski definition) is 2. The second-order valence-corrected chi connectivity index (χ2v) is 4.93. The van der Waals surface area contributed by atoms with E-state index in [1.54, 1.807) is 10.3 Å². The van der Waals surface area contributed by atoms with Gasteiger partial charge in [-0.05, 0) is 12.8 Å². The first kappa shape index (κ1) is 11.8. The van der Waals surface area contributed by atoms with Crippen LogP contribution in [0.3, 0.4) is 0 Å². The molecule has 92 valence electrons. The third-order valence-corrected chi connectivity index (χ3v) is 3.60. The van der Waals surface area contributed by atoms with Gasteiger partial charge in [0.05, 0.1) is 0 Å². The van der Waals surface area contributed by atoms with Crippen molar-refractivity contribution in [2.75, 3.05) is 18.8 Å². The van der Waals surface area contributed by atoms with Crippen molar-refractivity contribution in [3.8, 4) is 0 Å². The van der Waals surface area contributed by atoms with Crippen LogP contribution in [-0.4, -0.2) is 34.8 Å². The van der Waals surface area contributed by atoms with E-state index in [1.165, 1.54) is 11.3 Å². The van der Waals surface area contributed by atoms with Gasteiger partial charge in [0.25, 0.3) is 5.91 Å². The van der Waals surface area contributed by atoms with Gasteiger partial charge in [0.1, 0.15) is 5.69 Å². The van der Waals surface area contributed by atoms with Crippen LogP contribution in [0.2, 0.25) is 0 Å². The van der Waals surface area contributed by atoms with Crippen molar-refractivity contribution in [1.82, 2.24) is 9.88 Å². The summed E-state index contributed by atoms with van der Waals surface area (Å²) < 4.78 is 0. The molecule has 2 rings (SSSR count). The van der Waals surface area contributed by atoms with Crippen LogP contribution in [0.4, 0.5) is 5.13 Å². The van der Waals surface area contributed by atoms with Crippen LogP contribution in [0.1, 0.15) is 23.3 Å². The number of rotatable bonds is 2. The van der Waals surface area contributed by atoms with Gasteiger partial charge in [-0.25, -0.2) is 4.98 Å². The molecule has 1 fully saturated rings. The number of aromatic nitrogens is 1. The Morgan fingerprint density at radius 3 is 2.53 bits per heavy atom. The minimum Gasteiger partial charge on any atom is -0.375 e. The number of nitrogen functional groups attached to an aromatic ring is 1. The average Bonchev–Trinajstić information content (AvgIpc) is 2.75. The number of carbonyl (C=O) groups is 2. The Balaban J connectivity index is 1.97. The standard InChI is InChI=1S/C10H14N4O2S/c11-8(15)6-1-3-14(4-2-6)9(16)7-5-17-10(12)13-7/h5-6H,1-4H2,(H2,11,15)(H2,12,13). The van der Waals surface area contributed by atoms with E-state index < -0.39 is 0 Å². The van der Waals surface area contributed by atoms with Crippen LogP contribution in [-0.2, 0) is 4.79 Å². The summed E-state index contributed by atoms with van der Waals surface area (Å²) in [6.45, 7) is 1.09. The highest BCUT2D eigenvalue weighted by Crippen LogP contribution is 2.20. The first-order valence-electron chi connectivity index (χ1n) is 5.37. The van der Waals surface area contributed by atoms with Gasteiger partial charge in [-0.15, -0.1) is 11.3 Å². The Morgan fingerprint density at radius 1 is 1.41 bits per heavy atom. The summed E-state index contributed by atoms with van der Waals surface area (Å²) in [5.74, 6) is -0.518. The predicted octanol–water partition coefficient (Wildman–Crippen LogP) is 0.0628. The molecule has 7 heteroatoms. The van der Waals surface area contributed by atoms with Gasteiger partial charge in [0, 0.05) is 24.4 Å². The molecule has 0 bridgehead atoms. The molecule has 0 unspecified atom stereocenters. The van der Waals surface area contributed by atoms with Gasteiger partial charge in [0.2, 0.25) is 5.91 Å². The van der Waals surface area contributed by atoms with Crippen LogP contribution in [0.15, 0.2) is 5.38 Å². The molecule has 0 aliphatic carbocycles. The Hall–Kier alpha value is -1.63. The van der Waals surface area contributed by atoms with Crippen molar-refractivity contribution < 1.29 is 9.59 Å². The lowest BCUT2D eigenvalue weighted by Gasteiger charge is -2.29. The van der Waals surface area contributed by atoms with Crippen LogP contribution in [0.25, 0.3) is 0 Å². The topological polar surface area (TPSA) is 102 Å². The highest BCUT2D eigenvalue weighted by molar-refractivity contribution is 7.13. The van der Waals surface area contributed by atoms with Gasteiger partial charge < -0.3 is 16.4 Å². The van der Waals surface area contributed by atoms with Crippen molar-refractivity contribution in [2.24, 2.45) is 11.7 Å². The third kappa shape index (κ3) is 2.55. The van der Waals surface area contributed by atoms with Crippen LogP contribution < -0.4 is 11.5 Å².